The van der Waals surface area contributed by atoms with E-state index in [1.807, 2.05) is 0 Å². The number of imidazole rings is 1. The van der Waals surface area contributed by atoms with Gasteiger partial charge in [-0.1, -0.05) is 0 Å². The zero-order valence-electron chi connectivity index (χ0n) is 16.9. The highest BCUT2D eigenvalue weighted by molar-refractivity contribution is 8.00. The number of fused-ring (bicyclic) bond motifs is 1. The predicted molar refractivity (Wildman–Crippen MR) is 112 cm³/mol. The van der Waals surface area contributed by atoms with Gasteiger partial charge in [0.25, 0.3) is 5.91 Å². The van der Waals surface area contributed by atoms with Crippen molar-refractivity contribution in [2.45, 2.75) is 31.2 Å². The Bertz CT molecular complexity index is 1020. The van der Waals surface area contributed by atoms with Crippen LogP contribution in [0.3, 0.4) is 0 Å². The number of esters is 1. The van der Waals surface area contributed by atoms with Crippen LogP contribution in [0.4, 0.5) is 5.95 Å². The van der Waals surface area contributed by atoms with E-state index < -0.39 is 39.3 Å². The lowest BCUT2D eigenvalue weighted by Gasteiger charge is -2.49. The lowest BCUT2D eigenvalue weighted by molar-refractivity contribution is -0.147. The summed E-state index contributed by atoms with van der Waals surface area (Å²) in [7, 11) is -3.23. The molecule has 1 unspecified atom stereocenters. The standard InChI is InChI=1S/C17H23N5O7S2/c1-9(23)29-7-10-8-30-15-12(14(24)22(15)13(10)16(25)26)21-17-18-6-11(20-17)4-3-5-19-31(2,27)28/h6,12,15,19H,3-5,7-8H2,1-2H3,(H,25,26)(H2,18,20,21)/t12?,15-/m1/s1. The first-order chi connectivity index (χ1) is 14.6. The second-order valence-electron chi connectivity index (χ2n) is 7.08. The molecule has 12 nitrogen and oxygen atoms in total. The number of anilines is 1. The van der Waals surface area contributed by atoms with Gasteiger partial charge in [-0.05, 0) is 12.8 Å². The smallest absolute Gasteiger partial charge is 0.352 e. The Morgan fingerprint density at radius 3 is 2.84 bits per heavy atom. The number of aromatic nitrogens is 2. The van der Waals surface area contributed by atoms with Crippen LogP contribution in [0.1, 0.15) is 19.0 Å². The molecular weight excluding hydrogens is 450 g/mol. The number of carbonyl (C=O) groups is 3. The molecule has 0 saturated carbocycles. The molecule has 2 atom stereocenters. The first-order valence-electron chi connectivity index (χ1n) is 9.35. The summed E-state index contributed by atoms with van der Waals surface area (Å²) in [6, 6.07) is -0.652. The fourth-order valence-electron chi connectivity index (χ4n) is 3.22. The number of rotatable bonds is 10. The molecule has 1 amide bonds. The summed E-state index contributed by atoms with van der Waals surface area (Å²) in [5, 5.41) is 12.1. The molecule has 14 heteroatoms. The number of hydrogen-bond donors (Lipinski definition) is 4. The predicted octanol–water partition coefficient (Wildman–Crippen LogP) is -0.511. The number of aromatic amines is 1. The summed E-state index contributed by atoms with van der Waals surface area (Å²) in [4.78, 5) is 43.9. The number of thioether (sulfide) groups is 1. The zero-order chi connectivity index (χ0) is 22.8. The van der Waals surface area contributed by atoms with Gasteiger partial charge in [-0.3, -0.25) is 14.5 Å². The molecule has 0 radical (unpaired) electrons. The van der Waals surface area contributed by atoms with E-state index in [2.05, 4.69) is 20.0 Å². The Kier molecular flexibility index (Phi) is 6.91. The molecule has 0 aliphatic carbocycles. The summed E-state index contributed by atoms with van der Waals surface area (Å²) in [5.41, 5.74) is 0.929. The Morgan fingerprint density at radius 2 is 2.19 bits per heavy atom. The van der Waals surface area contributed by atoms with Crippen LogP contribution >= 0.6 is 11.8 Å². The first kappa shape index (κ1) is 23.1. The maximum absolute atomic E-state index is 12.6. The number of carbonyl (C=O) groups excluding carboxylic acids is 2. The summed E-state index contributed by atoms with van der Waals surface area (Å²) in [6.45, 7) is 1.35. The second kappa shape index (κ2) is 9.28. The number of amides is 1. The summed E-state index contributed by atoms with van der Waals surface area (Å²) in [6.07, 6.45) is 3.85. The highest BCUT2D eigenvalue weighted by atomic mass is 32.2. The molecule has 1 saturated heterocycles. The highest BCUT2D eigenvalue weighted by Crippen LogP contribution is 2.41. The Morgan fingerprint density at radius 1 is 1.45 bits per heavy atom. The van der Waals surface area contributed by atoms with Crippen molar-refractivity contribution in [3.8, 4) is 0 Å². The largest absolute Gasteiger partial charge is 0.477 e. The molecule has 2 aliphatic rings. The van der Waals surface area contributed by atoms with Crippen molar-refractivity contribution in [2.75, 3.05) is 30.5 Å². The molecule has 0 spiro atoms. The molecule has 0 bridgehead atoms. The molecule has 170 valence electrons. The van der Waals surface area contributed by atoms with Gasteiger partial charge in [-0.2, -0.15) is 0 Å². The van der Waals surface area contributed by atoms with Gasteiger partial charge >= 0.3 is 11.9 Å². The monoisotopic (exact) mass is 473 g/mol. The van der Waals surface area contributed by atoms with E-state index in [1.54, 1.807) is 6.20 Å². The van der Waals surface area contributed by atoms with E-state index in [1.165, 1.54) is 23.6 Å². The first-order valence-corrected chi connectivity index (χ1v) is 12.3. The minimum atomic E-state index is -3.23. The summed E-state index contributed by atoms with van der Waals surface area (Å²) >= 11 is 1.37. The molecule has 3 heterocycles. The molecule has 0 aromatic carbocycles. The number of nitrogens with zero attached hydrogens (tertiary/aromatic N) is 2. The summed E-state index contributed by atoms with van der Waals surface area (Å²) in [5.74, 6) is -1.50. The van der Waals surface area contributed by atoms with Gasteiger partial charge in [-0.25, -0.2) is 22.9 Å². The van der Waals surface area contributed by atoms with E-state index in [-0.39, 0.29) is 12.3 Å². The highest BCUT2D eigenvalue weighted by Gasteiger charge is 2.54. The van der Waals surface area contributed by atoms with E-state index in [0.29, 0.717) is 42.4 Å². The van der Waals surface area contributed by atoms with Crippen LogP contribution in [0.5, 0.6) is 0 Å². The fraction of sp³-hybridized carbons (Fsp3) is 0.529. The molecule has 4 N–H and O–H groups in total. The molecule has 1 aromatic heterocycles. The summed E-state index contributed by atoms with van der Waals surface area (Å²) < 4.78 is 29.4. The number of sulfonamides is 1. The van der Waals surface area contributed by atoms with E-state index in [4.69, 9.17) is 4.74 Å². The van der Waals surface area contributed by atoms with Crippen molar-refractivity contribution in [1.82, 2.24) is 19.6 Å². The van der Waals surface area contributed by atoms with E-state index in [0.717, 1.165) is 6.26 Å². The van der Waals surface area contributed by atoms with Gasteiger partial charge in [0.05, 0.1) is 11.9 Å². The van der Waals surface area contributed by atoms with Crippen LogP contribution in [0, 0.1) is 0 Å². The van der Waals surface area contributed by atoms with Crippen molar-refractivity contribution in [2.24, 2.45) is 0 Å². The third-order valence-corrected chi connectivity index (χ3v) is 6.66. The molecule has 3 rings (SSSR count). The van der Waals surface area contributed by atoms with Crippen LogP contribution < -0.4 is 10.0 Å². The van der Waals surface area contributed by atoms with E-state index in [9.17, 15) is 27.9 Å². The lowest BCUT2D eigenvalue weighted by atomic mass is 10.0. The van der Waals surface area contributed by atoms with Crippen molar-refractivity contribution >= 4 is 45.6 Å². The van der Waals surface area contributed by atoms with Crippen molar-refractivity contribution in [3.63, 3.8) is 0 Å². The number of aryl methyl sites for hydroxylation is 1. The number of β-lactam (4-membered cyclic amide) rings is 1. The Labute approximate surface area is 182 Å². The maximum atomic E-state index is 12.6. The van der Waals surface area contributed by atoms with Gasteiger partial charge in [0, 0.05) is 31.0 Å². The fourth-order valence-corrected chi connectivity index (χ4v) is 5.06. The normalized spacial score (nSPS) is 20.8. The number of carboxylic acids is 1. The molecular formula is C17H23N5O7S2. The Balaban J connectivity index is 1.60. The van der Waals surface area contributed by atoms with Gasteiger partial charge in [-0.15, -0.1) is 11.8 Å². The third-order valence-electron chi connectivity index (χ3n) is 4.60. The van der Waals surface area contributed by atoms with Gasteiger partial charge < -0.3 is 20.1 Å². The second-order valence-corrected chi connectivity index (χ2v) is 10.0. The van der Waals surface area contributed by atoms with Crippen molar-refractivity contribution in [3.05, 3.63) is 23.2 Å². The topological polar surface area (TPSA) is 171 Å². The number of nitrogens with one attached hydrogen (secondary N) is 3. The molecule has 1 aromatic rings. The average molecular weight is 474 g/mol. The molecule has 31 heavy (non-hydrogen) atoms. The molecule has 2 aliphatic heterocycles. The average Bonchev–Trinajstić information content (AvgIpc) is 3.13. The van der Waals surface area contributed by atoms with Crippen LogP contribution in [-0.4, -0.2) is 82.8 Å². The minimum Gasteiger partial charge on any atom is -0.477 e. The van der Waals surface area contributed by atoms with Crippen molar-refractivity contribution in [1.29, 1.82) is 0 Å². The van der Waals surface area contributed by atoms with Crippen LogP contribution in [-0.2, 0) is 35.6 Å². The minimum absolute atomic E-state index is 0.147. The number of aliphatic carboxylic acids is 1. The van der Waals surface area contributed by atoms with E-state index >= 15 is 0 Å². The third kappa shape index (κ3) is 5.57. The number of hydrogen-bond acceptors (Lipinski definition) is 9. The quantitative estimate of drug-likeness (QED) is 0.197. The van der Waals surface area contributed by atoms with Gasteiger partial charge in [0.2, 0.25) is 16.0 Å². The number of H-pyrrole nitrogens is 1. The lowest BCUT2D eigenvalue weighted by Crippen LogP contribution is -2.67. The van der Waals surface area contributed by atoms with Crippen LogP contribution in [0.15, 0.2) is 17.5 Å². The van der Waals surface area contributed by atoms with Gasteiger partial charge in [0.1, 0.15) is 23.7 Å². The zero-order valence-corrected chi connectivity index (χ0v) is 18.5. The number of ether oxygens (including phenoxy) is 1. The SMILES string of the molecule is CC(=O)OCC1=C(C(=O)O)N2C(=O)C(Nc3nc(CCCNS(C)(=O)=O)c[nH]3)[C@H]2SC1. The Hall–Kier alpha value is -2.58. The molecule has 1 fully saturated rings. The maximum Gasteiger partial charge on any atom is 0.352 e. The van der Waals surface area contributed by atoms with Crippen LogP contribution in [0.2, 0.25) is 0 Å². The van der Waals surface area contributed by atoms with Crippen LogP contribution in [0.25, 0.3) is 0 Å². The van der Waals surface area contributed by atoms with Gasteiger partial charge in [0.15, 0.2) is 0 Å². The number of carboxylic acid groups (broad SMARTS) is 1. The van der Waals surface area contributed by atoms with Crippen molar-refractivity contribution < 1.29 is 32.6 Å².